The van der Waals surface area contributed by atoms with E-state index in [1.165, 1.54) is 0 Å². The summed E-state index contributed by atoms with van der Waals surface area (Å²) in [7, 11) is -1.55. The van der Waals surface area contributed by atoms with Crippen molar-refractivity contribution in [2.24, 2.45) is 7.05 Å². The Balaban J connectivity index is 2.86. The lowest BCUT2D eigenvalue weighted by atomic mass is 10.6. The molecule has 13 heavy (non-hydrogen) atoms. The molecule has 0 aliphatic heterocycles. The number of rotatable bonds is 1. The van der Waals surface area contributed by atoms with Crippen LogP contribution in [0.2, 0.25) is 0 Å². The molecular weight excluding hydrogens is 190 g/mol. The Kier molecular flexibility index (Phi) is 1.50. The van der Waals surface area contributed by atoms with Gasteiger partial charge in [-0.3, -0.25) is 0 Å². The van der Waals surface area contributed by atoms with E-state index in [0.29, 0.717) is 5.65 Å². The number of sulfone groups is 1. The largest absolute Gasteiger partial charge is 0.345 e. The highest BCUT2D eigenvalue weighted by Crippen LogP contribution is 2.15. The van der Waals surface area contributed by atoms with Gasteiger partial charge in [0.1, 0.15) is 0 Å². The third kappa shape index (κ3) is 1.14. The van der Waals surface area contributed by atoms with Crippen LogP contribution in [0.15, 0.2) is 17.4 Å². The summed E-state index contributed by atoms with van der Waals surface area (Å²) in [6, 6.07) is 1.79. The second kappa shape index (κ2) is 2.35. The molecule has 2 rings (SSSR count). The molecule has 6 heteroatoms. The molecule has 1 N–H and O–H groups in total. The average molecular weight is 199 g/mol. The van der Waals surface area contributed by atoms with Crippen molar-refractivity contribution in [3.05, 3.63) is 12.3 Å². The SMILES string of the molecule is Cn1c(S(C)(=O)=O)nc2[nH]ccc21. The van der Waals surface area contributed by atoms with Gasteiger partial charge in [0.05, 0.1) is 5.52 Å². The quantitative estimate of drug-likeness (QED) is 0.718. The minimum Gasteiger partial charge on any atom is -0.345 e. The molecule has 0 spiro atoms. The van der Waals surface area contributed by atoms with Gasteiger partial charge in [-0.1, -0.05) is 0 Å². The van der Waals surface area contributed by atoms with E-state index in [1.54, 1.807) is 23.9 Å². The maximum atomic E-state index is 11.2. The Hall–Kier alpha value is -1.30. The van der Waals surface area contributed by atoms with Crippen LogP contribution < -0.4 is 0 Å². The van der Waals surface area contributed by atoms with Crippen molar-refractivity contribution >= 4 is 21.0 Å². The number of aromatic nitrogens is 3. The lowest BCUT2D eigenvalue weighted by Crippen LogP contribution is -2.05. The van der Waals surface area contributed by atoms with E-state index in [9.17, 15) is 8.42 Å². The lowest BCUT2D eigenvalue weighted by Gasteiger charge is -1.96. The van der Waals surface area contributed by atoms with Gasteiger partial charge in [0.15, 0.2) is 5.65 Å². The van der Waals surface area contributed by atoms with Crippen LogP contribution in [-0.2, 0) is 16.9 Å². The van der Waals surface area contributed by atoms with Crippen molar-refractivity contribution in [1.82, 2.24) is 14.5 Å². The molecule has 0 aliphatic rings. The van der Waals surface area contributed by atoms with Crippen molar-refractivity contribution in [2.45, 2.75) is 5.16 Å². The van der Waals surface area contributed by atoms with Gasteiger partial charge < -0.3 is 9.55 Å². The van der Waals surface area contributed by atoms with Gasteiger partial charge >= 0.3 is 0 Å². The van der Waals surface area contributed by atoms with E-state index in [-0.39, 0.29) is 5.16 Å². The van der Waals surface area contributed by atoms with Crippen molar-refractivity contribution < 1.29 is 8.42 Å². The first-order valence-corrected chi connectivity index (χ1v) is 5.59. The van der Waals surface area contributed by atoms with Crippen LogP contribution in [0.4, 0.5) is 0 Å². The molecule has 0 amide bonds. The van der Waals surface area contributed by atoms with Crippen LogP contribution in [0.3, 0.4) is 0 Å². The van der Waals surface area contributed by atoms with Crippen LogP contribution in [0, 0.1) is 0 Å². The maximum Gasteiger partial charge on any atom is 0.229 e. The summed E-state index contributed by atoms with van der Waals surface area (Å²) in [4.78, 5) is 6.82. The van der Waals surface area contributed by atoms with E-state index in [0.717, 1.165) is 11.8 Å². The first-order chi connectivity index (χ1) is 6.00. The van der Waals surface area contributed by atoms with Gasteiger partial charge in [-0.25, -0.2) is 13.4 Å². The number of nitrogens with one attached hydrogen (secondary N) is 1. The second-order valence-corrected chi connectivity index (χ2v) is 4.85. The molecule has 0 aromatic carbocycles. The van der Waals surface area contributed by atoms with E-state index in [4.69, 9.17) is 0 Å². The van der Waals surface area contributed by atoms with Crippen LogP contribution in [0.25, 0.3) is 11.2 Å². The summed E-state index contributed by atoms with van der Waals surface area (Å²) in [6.45, 7) is 0. The van der Waals surface area contributed by atoms with E-state index in [1.807, 2.05) is 0 Å². The second-order valence-electron chi connectivity index (χ2n) is 2.94. The van der Waals surface area contributed by atoms with Crippen molar-refractivity contribution in [3.63, 3.8) is 0 Å². The monoisotopic (exact) mass is 199 g/mol. The minimum atomic E-state index is -3.23. The first-order valence-electron chi connectivity index (χ1n) is 3.70. The Morgan fingerprint density at radius 3 is 2.77 bits per heavy atom. The molecule has 70 valence electrons. The summed E-state index contributed by atoms with van der Waals surface area (Å²) >= 11 is 0. The molecular formula is C7H9N3O2S. The number of H-pyrrole nitrogens is 1. The summed E-state index contributed by atoms with van der Waals surface area (Å²) in [5.74, 6) is 0. The number of fused-ring (bicyclic) bond motifs is 1. The van der Waals surface area contributed by atoms with Crippen molar-refractivity contribution in [1.29, 1.82) is 0 Å². The van der Waals surface area contributed by atoms with Crippen LogP contribution in [-0.4, -0.2) is 29.2 Å². The van der Waals surface area contributed by atoms with Gasteiger partial charge in [-0.15, -0.1) is 0 Å². The molecule has 2 heterocycles. The zero-order chi connectivity index (χ0) is 9.64. The highest BCUT2D eigenvalue weighted by Gasteiger charge is 2.16. The predicted octanol–water partition coefficient (Wildman–Crippen LogP) is 0.305. The third-order valence-electron chi connectivity index (χ3n) is 1.89. The first kappa shape index (κ1) is 8.31. The topological polar surface area (TPSA) is 67.8 Å². The normalized spacial score (nSPS) is 12.5. The molecule has 0 radical (unpaired) electrons. The molecule has 0 atom stereocenters. The number of hydrogen-bond acceptors (Lipinski definition) is 3. The number of hydrogen-bond donors (Lipinski definition) is 1. The van der Waals surface area contributed by atoms with Gasteiger partial charge in [0.2, 0.25) is 15.0 Å². The molecule has 2 aromatic heterocycles. The molecule has 2 aromatic rings. The van der Waals surface area contributed by atoms with Gasteiger partial charge in [-0.2, -0.15) is 0 Å². The number of nitrogens with zero attached hydrogens (tertiary/aromatic N) is 2. The maximum absolute atomic E-state index is 11.2. The van der Waals surface area contributed by atoms with E-state index < -0.39 is 9.84 Å². The van der Waals surface area contributed by atoms with Crippen LogP contribution in [0.1, 0.15) is 0 Å². The average Bonchev–Trinajstić information content (AvgIpc) is 2.51. The molecule has 0 fully saturated rings. The fraction of sp³-hybridized carbons (Fsp3) is 0.286. The van der Waals surface area contributed by atoms with Crippen molar-refractivity contribution in [3.8, 4) is 0 Å². The number of aryl methyl sites for hydroxylation is 1. The minimum absolute atomic E-state index is 0.0920. The number of aromatic amines is 1. The van der Waals surface area contributed by atoms with Gasteiger partial charge in [-0.05, 0) is 6.07 Å². The summed E-state index contributed by atoms with van der Waals surface area (Å²) in [5, 5.41) is 0.0920. The Morgan fingerprint density at radius 2 is 2.23 bits per heavy atom. The summed E-state index contributed by atoms with van der Waals surface area (Å²) in [5.41, 5.74) is 1.39. The highest BCUT2D eigenvalue weighted by molar-refractivity contribution is 7.90. The number of imidazole rings is 1. The fourth-order valence-corrected chi connectivity index (χ4v) is 2.17. The van der Waals surface area contributed by atoms with E-state index in [2.05, 4.69) is 9.97 Å². The predicted molar refractivity (Wildman–Crippen MR) is 48.2 cm³/mol. The summed E-state index contributed by atoms with van der Waals surface area (Å²) in [6.07, 6.45) is 2.87. The summed E-state index contributed by atoms with van der Waals surface area (Å²) < 4.78 is 24.0. The molecule has 0 unspecified atom stereocenters. The molecule has 0 aliphatic carbocycles. The fourth-order valence-electron chi connectivity index (χ4n) is 1.32. The highest BCUT2D eigenvalue weighted by atomic mass is 32.2. The molecule has 0 saturated carbocycles. The zero-order valence-corrected chi connectivity index (χ0v) is 8.09. The van der Waals surface area contributed by atoms with Gasteiger partial charge in [0.25, 0.3) is 0 Å². The van der Waals surface area contributed by atoms with Crippen LogP contribution >= 0.6 is 0 Å². The van der Waals surface area contributed by atoms with Crippen molar-refractivity contribution in [2.75, 3.05) is 6.26 Å². The van der Waals surface area contributed by atoms with Gasteiger partial charge in [0, 0.05) is 19.5 Å². The Labute approximate surface area is 75.3 Å². The van der Waals surface area contributed by atoms with Crippen LogP contribution in [0.5, 0.6) is 0 Å². The standard InChI is InChI=1S/C7H9N3O2S/c1-10-5-3-4-8-6(5)9-7(10)13(2,11)12/h3-4,8H,1-2H3. The lowest BCUT2D eigenvalue weighted by molar-refractivity contribution is 0.586. The van der Waals surface area contributed by atoms with E-state index >= 15 is 0 Å². The Morgan fingerprint density at radius 1 is 1.54 bits per heavy atom. The zero-order valence-electron chi connectivity index (χ0n) is 7.27. The molecule has 0 bridgehead atoms. The third-order valence-corrected chi connectivity index (χ3v) is 2.92. The molecule has 5 nitrogen and oxygen atoms in total. The molecule has 0 saturated heterocycles. The smallest absolute Gasteiger partial charge is 0.229 e. The Bertz CT molecular complexity index is 549.